The molecule has 2 aromatic heterocycles. The van der Waals surface area contributed by atoms with E-state index in [1.807, 2.05) is 6.07 Å². The largest absolute Gasteiger partial charge is 0.461 e. The Bertz CT molecular complexity index is 957. The summed E-state index contributed by atoms with van der Waals surface area (Å²) in [4.78, 5) is 15.9. The normalized spacial score (nSPS) is 10.5. The number of ether oxygens (including phenoxy) is 1. The quantitative estimate of drug-likeness (QED) is 0.691. The van der Waals surface area contributed by atoms with Crippen molar-refractivity contribution in [3.8, 4) is 6.07 Å². The Labute approximate surface area is 137 Å². The Balaban J connectivity index is 2.07. The summed E-state index contributed by atoms with van der Waals surface area (Å²) in [7, 11) is 0. The Kier molecular flexibility index (Phi) is 4.25. The summed E-state index contributed by atoms with van der Waals surface area (Å²) in [6, 6.07) is 11.8. The smallest absolute Gasteiger partial charge is 0.356 e. The van der Waals surface area contributed by atoms with Crippen LogP contribution in [0.15, 0.2) is 42.6 Å². The third-order valence-corrected chi connectivity index (χ3v) is 3.63. The van der Waals surface area contributed by atoms with Gasteiger partial charge in [-0.25, -0.2) is 14.2 Å². The number of aromatic nitrogens is 2. The number of hydrogen-bond acceptors (Lipinski definition) is 4. The van der Waals surface area contributed by atoms with E-state index in [9.17, 15) is 14.4 Å². The van der Waals surface area contributed by atoms with Crippen molar-refractivity contribution >= 4 is 16.9 Å². The van der Waals surface area contributed by atoms with Gasteiger partial charge in [0.25, 0.3) is 0 Å². The molecule has 5 nitrogen and oxygen atoms in total. The van der Waals surface area contributed by atoms with Gasteiger partial charge in [0, 0.05) is 17.1 Å². The highest BCUT2D eigenvalue weighted by Crippen LogP contribution is 2.22. The molecule has 0 bridgehead atoms. The Morgan fingerprint density at radius 2 is 2.17 bits per heavy atom. The number of esters is 1. The number of benzene rings is 1. The van der Waals surface area contributed by atoms with Gasteiger partial charge in [-0.3, -0.25) is 0 Å². The van der Waals surface area contributed by atoms with Crippen LogP contribution in [0.3, 0.4) is 0 Å². The van der Waals surface area contributed by atoms with Crippen LogP contribution in [0.1, 0.15) is 28.7 Å². The number of nitriles is 1. The molecule has 0 unspecified atom stereocenters. The molecule has 3 aromatic rings. The van der Waals surface area contributed by atoms with Gasteiger partial charge in [0.05, 0.1) is 18.7 Å². The summed E-state index contributed by atoms with van der Waals surface area (Å²) in [5.41, 5.74) is 1.27. The van der Waals surface area contributed by atoms with Gasteiger partial charge in [-0.05, 0) is 25.1 Å². The fraction of sp³-hybridized carbons (Fsp3) is 0.167. The molecule has 0 amide bonds. The van der Waals surface area contributed by atoms with E-state index in [-0.39, 0.29) is 30.4 Å². The number of hydrogen-bond donors (Lipinski definition) is 0. The number of nitrogens with zero attached hydrogens (tertiary/aromatic N) is 3. The van der Waals surface area contributed by atoms with Crippen LogP contribution in [0.2, 0.25) is 0 Å². The first kappa shape index (κ1) is 15.7. The maximum atomic E-state index is 13.9. The van der Waals surface area contributed by atoms with E-state index in [0.717, 1.165) is 0 Å². The third-order valence-electron chi connectivity index (χ3n) is 3.63. The molecule has 0 spiro atoms. The van der Waals surface area contributed by atoms with E-state index >= 15 is 0 Å². The fourth-order valence-corrected chi connectivity index (χ4v) is 2.56. The number of halogens is 1. The van der Waals surface area contributed by atoms with Crippen LogP contribution in [-0.2, 0) is 11.3 Å². The molecule has 0 atom stereocenters. The molecular weight excluding hydrogens is 309 g/mol. The minimum Gasteiger partial charge on any atom is -0.461 e. The Morgan fingerprint density at radius 1 is 1.38 bits per heavy atom. The fourth-order valence-electron chi connectivity index (χ4n) is 2.56. The summed E-state index contributed by atoms with van der Waals surface area (Å²) in [6.07, 6.45) is 1.74. The molecule has 0 saturated carbocycles. The molecule has 0 aliphatic heterocycles. The van der Waals surface area contributed by atoms with Crippen LogP contribution < -0.4 is 0 Å². The molecule has 0 N–H and O–H groups in total. The highest BCUT2D eigenvalue weighted by molar-refractivity contribution is 5.94. The minimum absolute atomic E-state index is 0.0875. The second kappa shape index (κ2) is 6.50. The highest BCUT2D eigenvalue weighted by Gasteiger charge is 2.16. The maximum absolute atomic E-state index is 13.9. The van der Waals surface area contributed by atoms with Crippen LogP contribution in [0.4, 0.5) is 4.39 Å². The predicted octanol–water partition coefficient (Wildman–Crippen LogP) is 3.27. The second-order valence-electron chi connectivity index (χ2n) is 5.16. The highest BCUT2D eigenvalue weighted by atomic mass is 19.1. The predicted molar refractivity (Wildman–Crippen MR) is 85.9 cm³/mol. The van der Waals surface area contributed by atoms with Gasteiger partial charge in [0.1, 0.15) is 11.9 Å². The van der Waals surface area contributed by atoms with Crippen LogP contribution in [0.5, 0.6) is 0 Å². The molecule has 120 valence electrons. The summed E-state index contributed by atoms with van der Waals surface area (Å²) >= 11 is 0. The molecule has 2 heterocycles. The van der Waals surface area contributed by atoms with Gasteiger partial charge in [0.2, 0.25) is 0 Å². The SMILES string of the molecule is CCOC(=O)c1cc2ccn(Cc3ccccc3F)c2c(C#N)n1. The number of rotatable bonds is 4. The van der Waals surface area contributed by atoms with E-state index in [0.29, 0.717) is 16.5 Å². The van der Waals surface area contributed by atoms with Crippen molar-refractivity contribution in [2.45, 2.75) is 13.5 Å². The summed E-state index contributed by atoms with van der Waals surface area (Å²) < 4.78 is 20.5. The molecule has 6 heteroatoms. The van der Waals surface area contributed by atoms with Crippen LogP contribution in [0, 0.1) is 17.1 Å². The van der Waals surface area contributed by atoms with Crippen LogP contribution in [0.25, 0.3) is 10.9 Å². The number of fused-ring (bicyclic) bond motifs is 1. The average Bonchev–Trinajstić information content (AvgIpc) is 2.99. The maximum Gasteiger partial charge on any atom is 0.356 e. The second-order valence-corrected chi connectivity index (χ2v) is 5.16. The first-order valence-corrected chi connectivity index (χ1v) is 7.44. The standard InChI is InChI=1S/C18H14FN3O2/c1-2-24-18(23)15-9-12-7-8-22(17(12)16(10-20)21-15)11-13-5-3-4-6-14(13)19/h3-9H,2,11H2,1H3. The lowest BCUT2D eigenvalue weighted by Gasteiger charge is -2.08. The van der Waals surface area contributed by atoms with E-state index < -0.39 is 5.97 Å². The Hall–Kier alpha value is -3.20. The molecule has 0 radical (unpaired) electrons. The first-order valence-electron chi connectivity index (χ1n) is 7.44. The lowest BCUT2D eigenvalue weighted by Crippen LogP contribution is -2.09. The van der Waals surface area contributed by atoms with Crippen molar-refractivity contribution in [1.82, 2.24) is 9.55 Å². The minimum atomic E-state index is -0.572. The van der Waals surface area contributed by atoms with Gasteiger partial charge in [-0.2, -0.15) is 5.26 Å². The van der Waals surface area contributed by atoms with Gasteiger partial charge >= 0.3 is 5.97 Å². The number of carbonyl (C=O) groups is 1. The van der Waals surface area contributed by atoms with E-state index in [4.69, 9.17) is 4.74 Å². The Morgan fingerprint density at radius 3 is 2.88 bits per heavy atom. The molecule has 0 fully saturated rings. The van der Waals surface area contributed by atoms with Crippen LogP contribution in [-0.4, -0.2) is 22.1 Å². The van der Waals surface area contributed by atoms with E-state index in [1.54, 1.807) is 48.0 Å². The van der Waals surface area contributed by atoms with Crippen molar-refractivity contribution in [2.75, 3.05) is 6.61 Å². The molecule has 0 aliphatic rings. The van der Waals surface area contributed by atoms with Crippen molar-refractivity contribution in [3.05, 3.63) is 65.4 Å². The molecule has 0 aliphatic carbocycles. The van der Waals surface area contributed by atoms with Crippen LogP contribution >= 0.6 is 0 Å². The van der Waals surface area contributed by atoms with Crippen molar-refractivity contribution < 1.29 is 13.9 Å². The summed E-state index contributed by atoms with van der Waals surface area (Å²) in [5.74, 6) is -0.883. The number of carbonyl (C=O) groups excluding carboxylic acids is 1. The van der Waals surface area contributed by atoms with Crippen molar-refractivity contribution in [3.63, 3.8) is 0 Å². The molecule has 3 rings (SSSR count). The van der Waals surface area contributed by atoms with Gasteiger partial charge in [-0.1, -0.05) is 18.2 Å². The molecule has 0 saturated heterocycles. The summed E-state index contributed by atoms with van der Waals surface area (Å²) in [5, 5.41) is 10.1. The number of pyridine rings is 1. The zero-order chi connectivity index (χ0) is 17.1. The third kappa shape index (κ3) is 2.84. The zero-order valence-corrected chi connectivity index (χ0v) is 13.0. The topological polar surface area (TPSA) is 67.9 Å². The molecular formula is C18H14FN3O2. The van der Waals surface area contributed by atoms with Crippen molar-refractivity contribution in [1.29, 1.82) is 5.26 Å². The average molecular weight is 323 g/mol. The first-order chi connectivity index (χ1) is 11.6. The van der Waals surface area contributed by atoms with Crippen molar-refractivity contribution in [2.24, 2.45) is 0 Å². The van der Waals surface area contributed by atoms with E-state index in [1.165, 1.54) is 6.07 Å². The van der Waals surface area contributed by atoms with Gasteiger partial charge in [-0.15, -0.1) is 0 Å². The molecule has 1 aromatic carbocycles. The summed E-state index contributed by atoms with van der Waals surface area (Å²) in [6.45, 7) is 2.20. The van der Waals surface area contributed by atoms with Gasteiger partial charge in [0.15, 0.2) is 11.4 Å². The lowest BCUT2D eigenvalue weighted by atomic mass is 10.2. The molecule has 24 heavy (non-hydrogen) atoms. The zero-order valence-electron chi connectivity index (χ0n) is 13.0. The van der Waals surface area contributed by atoms with E-state index in [2.05, 4.69) is 4.98 Å². The monoisotopic (exact) mass is 323 g/mol. The van der Waals surface area contributed by atoms with Gasteiger partial charge < -0.3 is 9.30 Å². The lowest BCUT2D eigenvalue weighted by molar-refractivity contribution is 0.0519.